The highest BCUT2D eigenvalue weighted by molar-refractivity contribution is 8.00. The first-order valence-corrected chi connectivity index (χ1v) is 12.1. The number of thioether (sulfide) groups is 1. The number of carboxylic acid groups (broad SMARTS) is 1. The molecule has 0 radical (unpaired) electrons. The molecule has 0 aliphatic heterocycles. The van der Waals surface area contributed by atoms with E-state index in [0.717, 1.165) is 26.7 Å². The second-order valence-corrected chi connectivity index (χ2v) is 10.0. The van der Waals surface area contributed by atoms with Crippen LogP contribution in [0.5, 0.6) is 0 Å². The maximum atomic E-state index is 12.8. The number of carbonyl (C=O) groups excluding carboxylic acids is 1. The minimum absolute atomic E-state index is 0.0147. The fourth-order valence-corrected chi connectivity index (χ4v) is 5.26. The van der Waals surface area contributed by atoms with Crippen LogP contribution in [0.25, 0.3) is 10.6 Å². The Morgan fingerprint density at radius 3 is 2.42 bits per heavy atom. The highest BCUT2D eigenvalue weighted by atomic mass is 32.2. The van der Waals surface area contributed by atoms with Crippen molar-refractivity contribution in [2.45, 2.75) is 51.3 Å². The number of carboxylic acids is 1. The number of Topliss-reactive ketones (excluding diaryl/α,β-unsaturated/α-hetero) is 1. The summed E-state index contributed by atoms with van der Waals surface area (Å²) in [6, 6.07) is 13.9. The summed E-state index contributed by atoms with van der Waals surface area (Å²) in [6.07, 6.45) is 1.10. The van der Waals surface area contributed by atoms with E-state index in [1.54, 1.807) is 17.4 Å². The van der Waals surface area contributed by atoms with E-state index >= 15 is 0 Å². The molecule has 1 aromatic heterocycles. The molecule has 31 heavy (non-hydrogen) atoms. The third-order valence-corrected chi connectivity index (χ3v) is 7.34. The van der Waals surface area contributed by atoms with Gasteiger partial charge in [-0.05, 0) is 43.9 Å². The van der Waals surface area contributed by atoms with E-state index in [0.29, 0.717) is 24.3 Å². The molecule has 0 spiro atoms. The zero-order chi connectivity index (χ0) is 22.5. The number of aromatic nitrogens is 1. The van der Waals surface area contributed by atoms with Crippen LogP contribution in [-0.4, -0.2) is 27.6 Å². The third kappa shape index (κ3) is 6.05. The SMILES string of the molecule is Cc1ccc(-c2nc(C(C)C)c(CCC(=O)c3ccc(SCC(=O)O)c(C)c3)s2)cc1. The lowest BCUT2D eigenvalue weighted by molar-refractivity contribution is -0.133. The van der Waals surface area contributed by atoms with E-state index in [-0.39, 0.29) is 11.5 Å². The molecule has 1 N–H and O–H groups in total. The predicted octanol–water partition coefficient (Wildman–Crippen LogP) is 6.54. The molecule has 3 rings (SSSR count). The highest BCUT2D eigenvalue weighted by Crippen LogP contribution is 2.33. The number of rotatable bonds is 9. The number of benzene rings is 2. The van der Waals surface area contributed by atoms with Gasteiger partial charge in [-0.3, -0.25) is 9.59 Å². The lowest BCUT2D eigenvalue weighted by atomic mass is 10.0. The molecular weight excluding hydrogens is 426 g/mol. The molecule has 1 heterocycles. The number of hydrogen-bond donors (Lipinski definition) is 1. The van der Waals surface area contributed by atoms with Crippen molar-refractivity contribution in [2.75, 3.05) is 5.75 Å². The smallest absolute Gasteiger partial charge is 0.313 e. The van der Waals surface area contributed by atoms with Crippen LogP contribution in [0.3, 0.4) is 0 Å². The lowest BCUT2D eigenvalue weighted by Crippen LogP contribution is -2.03. The monoisotopic (exact) mass is 453 g/mol. The van der Waals surface area contributed by atoms with Crippen molar-refractivity contribution in [1.82, 2.24) is 4.98 Å². The Morgan fingerprint density at radius 2 is 1.81 bits per heavy atom. The van der Waals surface area contributed by atoms with Crippen LogP contribution in [-0.2, 0) is 11.2 Å². The minimum atomic E-state index is -0.847. The average molecular weight is 454 g/mol. The van der Waals surface area contributed by atoms with Crippen molar-refractivity contribution >= 4 is 34.9 Å². The van der Waals surface area contributed by atoms with Crippen molar-refractivity contribution in [3.8, 4) is 10.6 Å². The molecule has 0 amide bonds. The molecule has 0 aliphatic rings. The second kappa shape index (κ2) is 10.2. The quantitative estimate of drug-likeness (QED) is 0.294. The van der Waals surface area contributed by atoms with Gasteiger partial charge < -0.3 is 5.11 Å². The lowest BCUT2D eigenvalue weighted by Gasteiger charge is -2.08. The topological polar surface area (TPSA) is 67.3 Å². The summed E-state index contributed by atoms with van der Waals surface area (Å²) in [5.74, 6) is -0.438. The average Bonchev–Trinajstić information content (AvgIpc) is 3.16. The van der Waals surface area contributed by atoms with Gasteiger partial charge in [0.1, 0.15) is 5.01 Å². The van der Waals surface area contributed by atoms with E-state index in [1.807, 2.05) is 19.1 Å². The van der Waals surface area contributed by atoms with Crippen LogP contribution in [0, 0.1) is 13.8 Å². The first-order chi connectivity index (χ1) is 14.7. The highest BCUT2D eigenvalue weighted by Gasteiger charge is 2.17. The summed E-state index contributed by atoms with van der Waals surface area (Å²) in [4.78, 5) is 30.6. The molecule has 4 nitrogen and oxygen atoms in total. The standard InChI is InChI=1S/C25H27NO3S2/c1-15(2)24-22(31-25(26-24)18-7-5-16(3)6-8-18)12-10-20(27)19-9-11-21(17(4)13-19)30-14-23(28)29/h5-9,11,13,15H,10,12,14H2,1-4H3,(H,28,29). The molecule has 0 bridgehead atoms. The normalized spacial score (nSPS) is 11.1. The Morgan fingerprint density at radius 1 is 1.10 bits per heavy atom. The van der Waals surface area contributed by atoms with Crippen molar-refractivity contribution in [1.29, 1.82) is 0 Å². The molecule has 0 saturated carbocycles. The molecule has 0 saturated heterocycles. The summed E-state index contributed by atoms with van der Waals surface area (Å²) >= 11 is 2.95. The predicted molar refractivity (Wildman–Crippen MR) is 129 cm³/mol. The van der Waals surface area contributed by atoms with Crippen LogP contribution < -0.4 is 0 Å². The van der Waals surface area contributed by atoms with Gasteiger partial charge in [0, 0.05) is 27.3 Å². The maximum absolute atomic E-state index is 12.8. The van der Waals surface area contributed by atoms with Gasteiger partial charge in [0.15, 0.2) is 5.78 Å². The number of carbonyl (C=O) groups is 2. The minimum Gasteiger partial charge on any atom is -0.481 e. The van der Waals surface area contributed by atoms with E-state index in [4.69, 9.17) is 10.1 Å². The Balaban J connectivity index is 1.73. The number of nitrogens with zero attached hydrogens (tertiary/aromatic N) is 1. The Hall–Kier alpha value is -2.44. The van der Waals surface area contributed by atoms with Gasteiger partial charge in [-0.2, -0.15) is 0 Å². The van der Waals surface area contributed by atoms with E-state index in [1.165, 1.54) is 22.2 Å². The van der Waals surface area contributed by atoms with Crippen LogP contribution in [0.15, 0.2) is 47.4 Å². The Kier molecular flexibility index (Phi) is 7.68. The zero-order valence-electron chi connectivity index (χ0n) is 18.3. The molecule has 0 aliphatic carbocycles. The summed E-state index contributed by atoms with van der Waals surface area (Å²) in [6.45, 7) is 8.25. The number of ketones is 1. The number of hydrogen-bond acceptors (Lipinski definition) is 5. The van der Waals surface area contributed by atoms with Crippen LogP contribution >= 0.6 is 23.1 Å². The number of thiazole rings is 1. The third-order valence-electron chi connectivity index (χ3n) is 5.00. The number of aryl methyl sites for hydroxylation is 3. The van der Waals surface area contributed by atoms with Gasteiger partial charge in [0.2, 0.25) is 0 Å². The number of aliphatic carboxylic acids is 1. The van der Waals surface area contributed by atoms with Crippen molar-refractivity contribution < 1.29 is 14.7 Å². The van der Waals surface area contributed by atoms with Gasteiger partial charge in [0.05, 0.1) is 11.4 Å². The summed E-state index contributed by atoms with van der Waals surface area (Å²) in [5.41, 5.74) is 5.01. The first kappa shape index (κ1) is 23.2. The van der Waals surface area contributed by atoms with Crippen molar-refractivity contribution in [3.63, 3.8) is 0 Å². The molecule has 0 atom stereocenters. The van der Waals surface area contributed by atoms with E-state index in [2.05, 4.69) is 45.0 Å². The van der Waals surface area contributed by atoms with Gasteiger partial charge >= 0.3 is 5.97 Å². The van der Waals surface area contributed by atoms with Crippen LogP contribution in [0.4, 0.5) is 0 Å². The van der Waals surface area contributed by atoms with E-state index in [9.17, 15) is 9.59 Å². The second-order valence-electron chi connectivity index (χ2n) is 7.93. The van der Waals surface area contributed by atoms with Gasteiger partial charge in [-0.15, -0.1) is 23.1 Å². The molecule has 2 aromatic carbocycles. The largest absolute Gasteiger partial charge is 0.481 e. The Bertz CT molecular complexity index is 1080. The summed E-state index contributed by atoms with van der Waals surface area (Å²) < 4.78 is 0. The fraction of sp³-hybridized carbons (Fsp3) is 0.320. The van der Waals surface area contributed by atoms with Gasteiger partial charge in [-0.1, -0.05) is 49.7 Å². The Labute approximate surface area is 191 Å². The maximum Gasteiger partial charge on any atom is 0.313 e. The summed E-state index contributed by atoms with van der Waals surface area (Å²) in [7, 11) is 0. The van der Waals surface area contributed by atoms with Crippen LogP contribution in [0.2, 0.25) is 0 Å². The van der Waals surface area contributed by atoms with Crippen molar-refractivity contribution in [3.05, 3.63) is 69.7 Å². The summed E-state index contributed by atoms with van der Waals surface area (Å²) in [5, 5.41) is 9.86. The van der Waals surface area contributed by atoms with Gasteiger partial charge in [0.25, 0.3) is 0 Å². The molecule has 0 fully saturated rings. The fourth-order valence-electron chi connectivity index (χ4n) is 3.31. The molecule has 162 valence electrons. The molecule has 6 heteroatoms. The molecule has 0 unspecified atom stereocenters. The first-order valence-electron chi connectivity index (χ1n) is 10.3. The van der Waals surface area contributed by atoms with Crippen molar-refractivity contribution in [2.24, 2.45) is 0 Å². The molecule has 3 aromatic rings. The zero-order valence-corrected chi connectivity index (χ0v) is 19.9. The molecular formula is C25H27NO3S2. The van der Waals surface area contributed by atoms with Gasteiger partial charge in [-0.25, -0.2) is 4.98 Å². The van der Waals surface area contributed by atoms with E-state index < -0.39 is 5.97 Å². The van der Waals surface area contributed by atoms with Crippen LogP contribution in [0.1, 0.15) is 58.2 Å².